The lowest BCUT2D eigenvalue weighted by molar-refractivity contribution is 0.130. The molecule has 25 heavy (non-hydrogen) atoms. The highest BCUT2D eigenvalue weighted by Gasteiger charge is 2.34. The number of aryl methyl sites for hydroxylation is 2. The van der Waals surface area contributed by atoms with Crippen LogP contribution in [0.5, 0.6) is 5.88 Å². The molecule has 3 heterocycles. The summed E-state index contributed by atoms with van der Waals surface area (Å²) in [6.07, 6.45) is 2.70. The second-order valence-corrected chi connectivity index (χ2v) is 8.47. The van der Waals surface area contributed by atoms with E-state index in [0.29, 0.717) is 53.1 Å². The predicted molar refractivity (Wildman–Crippen MR) is 94.3 cm³/mol. The van der Waals surface area contributed by atoms with E-state index in [1.807, 2.05) is 0 Å². The lowest BCUT2D eigenvalue weighted by Gasteiger charge is -2.31. The fourth-order valence-electron chi connectivity index (χ4n) is 3.05. The topological polar surface area (TPSA) is 77.3 Å². The Labute approximate surface area is 152 Å². The minimum atomic E-state index is -3.54. The molecule has 0 atom stereocenters. The van der Waals surface area contributed by atoms with Crippen molar-refractivity contribution in [2.24, 2.45) is 7.05 Å². The number of hydrogen-bond acceptors (Lipinski definition) is 5. The molecule has 1 aliphatic heterocycles. The fourth-order valence-corrected chi connectivity index (χ4v) is 5.03. The normalized spacial score (nSPS) is 17.0. The number of rotatable bonds is 4. The molecule has 0 saturated carbocycles. The summed E-state index contributed by atoms with van der Waals surface area (Å²) in [5, 5.41) is 4.77. The minimum Gasteiger partial charge on any atom is -0.474 e. The molecule has 0 radical (unpaired) electrons. The van der Waals surface area contributed by atoms with E-state index in [0.717, 1.165) is 0 Å². The zero-order valence-electron chi connectivity index (χ0n) is 14.4. The number of nitrogens with zero attached hydrogens (tertiary/aromatic N) is 4. The molecule has 1 saturated heterocycles. The Hall–Kier alpha value is -1.64. The van der Waals surface area contributed by atoms with E-state index < -0.39 is 10.0 Å². The summed E-state index contributed by atoms with van der Waals surface area (Å²) in [6.45, 7) is 4.32. The Morgan fingerprint density at radius 1 is 1.24 bits per heavy atom. The largest absolute Gasteiger partial charge is 0.474 e. The van der Waals surface area contributed by atoms with Gasteiger partial charge in [0.05, 0.1) is 16.4 Å². The highest BCUT2D eigenvalue weighted by molar-refractivity contribution is 7.89. The maximum atomic E-state index is 12.9. The van der Waals surface area contributed by atoms with Crippen LogP contribution in [0.2, 0.25) is 5.02 Å². The Morgan fingerprint density at radius 3 is 2.44 bits per heavy atom. The average molecular weight is 385 g/mol. The zero-order chi connectivity index (χ0) is 18.2. The first kappa shape index (κ1) is 18.2. The molecule has 2 aromatic heterocycles. The number of piperidine rings is 1. The molecule has 1 fully saturated rings. The summed E-state index contributed by atoms with van der Waals surface area (Å²) >= 11 is 5.81. The van der Waals surface area contributed by atoms with Crippen LogP contribution in [0.25, 0.3) is 0 Å². The van der Waals surface area contributed by atoms with E-state index >= 15 is 0 Å². The molecule has 0 bridgehead atoms. The van der Waals surface area contributed by atoms with Crippen molar-refractivity contribution in [3.8, 4) is 5.88 Å². The van der Waals surface area contributed by atoms with Crippen LogP contribution < -0.4 is 4.74 Å². The molecular weight excluding hydrogens is 364 g/mol. The molecule has 0 aliphatic carbocycles. The monoisotopic (exact) mass is 384 g/mol. The van der Waals surface area contributed by atoms with Crippen molar-refractivity contribution in [2.75, 3.05) is 13.1 Å². The third-order valence-electron chi connectivity index (χ3n) is 4.43. The molecule has 0 unspecified atom stereocenters. The molecule has 136 valence electrons. The Morgan fingerprint density at radius 2 is 1.92 bits per heavy atom. The average Bonchev–Trinajstić information content (AvgIpc) is 2.83. The summed E-state index contributed by atoms with van der Waals surface area (Å²) in [5.41, 5.74) is 1.19. The van der Waals surface area contributed by atoms with Crippen LogP contribution >= 0.6 is 11.6 Å². The van der Waals surface area contributed by atoms with Gasteiger partial charge in [-0.2, -0.15) is 9.40 Å². The number of pyridine rings is 1. The van der Waals surface area contributed by atoms with Crippen molar-refractivity contribution in [3.05, 3.63) is 34.7 Å². The number of hydrogen-bond donors (Lipinski definition) is 0. The van der Waals surface area contributed by atoms with Gasteiger partial charge < -0.3 is 4.74 Å². The fraction of sp³-hybridized carbons (Fsp3) is 0.500. The van der Waals surface area contributed by atoms with Gasteiger partial charge in [-0.05, 0) is 32.8 Å². The second-order valence-electron chi connectivity index (χ2n) is 6.16. The van der Waals surface area contributed by atoms with Crippen molar-refractivity contribution >= 4 is 21.6 Å². The van der Waals surface area contributed by atoms with Gasteiger partial charge in [0, 0.05) is 32.4 Å². The molecule has 3 rings (SSSR count). The summed E-state index contributed by atoms with van der Waals surface area (Å²) in [5.74, 6) is 0.504. The number of ether oxygens (including phenoxy) is 1. The zero-order valence-corrected chi connectivity index (χ0v) is 16.0. The second kappa shape index (κ2) is 6.93. The van der Waals surface area contributed by atoms with Crippen molar-refractivity contribution in [1.82, 2.24) is 19.1 Å². The quantitative estimate of drug-likeness (QED) is 0.808. The van der Waals surface area contributed by atoms with Gasteiger partial charge in [0.25, 0.3) is 0 Å². The molecule has 0 aromatic carbocycles. The van der Waals surface area contributed by atoms with Crippen molar-refractivity contribution in [2.45, 2.75) is 37.7 Å². The van der Waals surface area contributed by atoms with Gasteiger partial charge in [0.1, 0.15) is 11.0 Å². The van der Waals surface area contributed by atoms with Crippen LogP contribution in [0, 0.1) is 13.8 Å². The van der Waals surface area contributed by atoms with E-state index in [1.54, 1.807) is 37.7 Å². The highest BCUT2D eigenvalue weighted by atomic mass is 35.5. The Bertz CT molecular complexity index is 856. The van der Waals surface area contributed by atoms with Crippen LogP contribution in [0.1, 0.15) is 24.2 Å². The molecule has 0 amide bonds. The van der Waals surface area contributed by atoms with Gasteiger partial charge >= 0.3 is 0 Å². The highest BCUT2D eigenvalue weighted by Crippen LogP contribution is 2.27. The SMILES string of the molecule is Cc1nn(C)c(C)c1S(=O)(=O)N1CCC(Oc2ccc(Cl)cn2)CC1. The molecule has 0 spiro atoms. The van der Waals surface area contributed by atoms with Crippen LogP contribution in [0.3, 0.4) is 0 Å². The van der Waals surface area contributed by atoms with Crippen LogP contribution in [0.4, 0.5) is 0 Å². The van der Waals surface area contributed by atoms with Gasteiger partial charge in [0.15, 0.2) is 0 Å². The summed E-state index contributed by atoms with van der Waals surface area (Å²) in [6, 6.07) is 3.44. The van der Waals surface area contributed by atoms with Crippen LogP contribution in [-0.2, 0) is 17.1 Å². The van der Waals surface area contributed by atoms with E-state index in [2.05, 4.69) is 10.1 Å². The first-order valence-corrected chi connectivity index (χ1v) is 9.89. The summed E-state index contributed by atoms with van der Waals surface area (Å²) in [7, 11) is -1.79. The van der Waals surface area contributed by atoms with Gasteiger partial charge in [0.2, 0.25) is 15.9 Å². The Kier molecular flexibility index (Phi) is 5.04. The van der Waals surface area contributed by atoms with Crippen molar-refractivity contribution < 1.29 is 13.2 Å². The molecule has 9 heteroatoms. The first-order valence-electron chi connectivity index (χ1n) is 8.07. The van der Waals surface area contributed by atoms with Crippen LogP contribution in [-0.4, -0.2) is 46.7 Å². The van der Waals surface area contributed by atoms with Gasteiger partial charge in [-0.3, -0.25) is 4.68 Å². The maximum absolute atomic E-state index is 12.9. The van der Waals surface area contributed by atoms with E-state index in [-0.39, 0.29) is 6.10 Å². The molecule has 2 aromatic rings. The predicted octanol–water partition coefficient (Wildman–Crippen LogP) is 2.32. The summed E-state index contributed by atoms with van der Waals surface area (Å²) < 4.78 is 34.8. The van der Waals surface area contributed by atoms with Gasteiger partial charge in [-0.25, -0.2) is 13.4 Å². The lowest BCUT2D eigenvalue weighted by Crippen LogP contribution is -2.42. The Balaban J connectivity index is 1.68. The van der Waals surface area contributed by atoms with Crippen molar-refractivity contribution in [3.63, 3.8) is 0 Å². The molecule has 7 nitrogen and oxygen atoms in total. The third kappa shape index (κ3) is 3.65. The van der Waals surface area contributed by atoms with E-state index in [9.17, 15) is 8.42 Å². The lowest BCUT2D eigenvalue weighted by atomic mass is 10.1. The maximum Gasteiger partial charge on any atom is 0.246 e. The molecular formula is C16H21ClN4O3S. The third-order valence-corrected chi connectivity index (χ3v) is 6.80. The smallest absolute Gasteiger partial charge is 0.246 e. The summed E-state index contributed by atoms with van der Waals surface area (Å²) in [4.78, 5) is 4.43. The standard InChI is InChI=1S/C16H21ClN4O3S/c1-11-16(12(2)20(3)19-11)25(22,23)21-8-6-14(7-9-21)24-15-5-4-13(17)10-18-15/h4-5,10,14H,6-9H2,1-3H3. The number of aromatic nitrogens is 3. The van der Waals surface area contributed by atoms with Crippen LogP contribution in [0.15, 0.2) is 23.2 Å². The number of halogens is 1. The van der Waals surface area contributed by atoms with Crippen molar-refractivity contribution in [1.29, 1.82) is 0 Å². The number of sulfonamides is 1. The van der Waals surface area contributed by atoms with Gasteiger partial charge in [-0.1, -0.05) is 11.6 Å². The molecule has 1 aliphatic rings. The molecule has 0 N–H and O–H groups in total. The van der Waals surface area contributed by atoms with E-state index in [1.165, 1.54) is 10.5 Å². The van der Waals surface area contributed by atoms with E-state index in [4.69, 9.17) is 16.3 Å². The first-order chi connectivity index (χ1) is 11.8. The van der Waals surface area contributed by atoms with Gasteiger partial charge in [-0.15, -0.1) is 0 Å². The minimum absolute atomic E-state index is 0.0591.